The Labute approximate surface area is 249 Å². The van der Waals surface area contributed by atoms with Crippen molar-refractivity contribution in [2.75, 3.05) is 37.9 Å². The van der Waals surface area contributed by atoms with E-state index in [4.69, 9.17) is 9.47 Å². The van der Waals surface area contributed by atoms with Gasteiger partial charge in [0.25, 0.3) is 0 Å². The van der Waals surface area contributed by atoms with Gasteiger partial charge in [0.15, 0.2) is 0 Å². The monoisotopic (exact) mass is 595 g/mol. The average Bonchev–Trinajstić information content (AvgIpc) is 2.97. The number of anilines is 1. The lowest BCUT2D eigenvalue weighted by molar-refractivity contribution is -0.140. The van der Waals surface area contributed by atoms with E-state index in [0.717, 1.165) is 40.1 Å². The topological polar surface area (TPSA) is 105 Å². The first-order chi connectivity index (χ1) is 20.1. The minimum absolute atomic E-state index is 0.122. The van der Waals surface area contributed by atoms with Crippen LogP contribution < -0.4 is 19.1 Å². The minimum Gasteiger partial charge on any atom is -0.497 e. The van der Waals surface area contributed by atoms with Crippen molar-refractivity contribution >= 4 is 27.5 Å². The SMILES string of the molecule is CCCCNC(=O)[C@@H](Cc1ccccc1)N(Cc1cccc(C)c1)C(=O)CN(c1ccc(OC)cc1OC)S(C)(=O)=O. The third-order valence-corrected chi connectivity index (χ3v) is 8.00. The van der Waals surface area contributed by atoms with E-state index in [1.807, 2.05) is 68.4 Å². The van der Waals surface area contributed by atoms with Crippen molar-refractivity contribution in [1.29, 1.82) is 0 Å². The maximum Gasteiger partial charge on any atom is 0.244 e. The minimum atomic E-state index is -3.94. The molecular weight excluding hydrogens is 554 g/mol. The van der Waals surface area contributed by atoms with Gasteiger partial charge < -0.3 is 19.7 Å². The van der Waals surface area contributed by atoms with Gasteiger partial charge >= 0.3 is 0 Å². The maximum absolute atomic E-state index is 14.2. The maximum atomic E-state index is 14.2. The van der Waals surface area contributed by atoms with Crippen LogP contribution in [0, 0.1) is 6.92 Å². The van der Waals surface area contributed by atoms with E-state index in [0.29, 0.717) is 12.3 Å². The molecule has 1 atom stereocenters. The van der Waals surface area contributed by atoms with E-state index >= 15 is 0 Å². The van der Waals surface area contributed by atoms with Crippen molar-refractivity contribution in [3.63, 3.8) is 0 Å². The van der Waals surface area contributed by atoms with E-state index in [1.165, 1.54) is 25.2 Å². The molecule has 0 aliphatic heterocycles. The zero-order chi connectivity index (χ0) is 30.7. The number of methoxy groups -OCH3 is 2. The Balaban J connectivity index is 2.07. The zero-order valence-electron chi connectivity index (χ0n) is 25.0. The predicted molar refractivity (Wildman–Crippen MR) is 165 cm³/mol. The first kappa shape index (κ1) is 32.5. The third kappa shape index (κ3) is 8.97. The number of sulfonamides is 1. The lowest BCUT2D eigenvalue weighted by Gasteiger charge is -2.34. The molecule has 0 fully saturated rings. The number of carbonyl (C=O) groups is 2. The van der Waals surface area contributed by atoms with Gasteiger partial charge in [-0.05, 0) is 36.6 Å². The number of rotatable bonds is 15. The van der Waals surface area contributed by atoms with Gasteiger partial charge in [-0.15, -0.1) is 0 Å². The van der Waals surface area contributed by atoms with Crippen LogP contribution in [0.15, 0.2) is 72.8 Å². The molecule has 226 valence electrons. The van der Waals surface area contributed by atoms with Crippen LogP contribution in [0.5, 0.6) is 11.5 Å². The largest absolute Gasteiger partial charge is 0.497 e. The number of unbranched alkanes of at least 4 members (excludes halogenated alkanes) is 1. The summed E-state index contributed by atoms with van der Waals surface area (Å²) in [7, 11) is -1.02. The molecule has 0 saturated heterocycles. The molecule has 2 amide bonds. The Morgan fingerprint density at radius 2 is 1.64 bits per heavy atom. The molecule has 1 N–H and O–H groups in total. The summed E-state index contributed by atoms with van der Waals surface area (Å²) in [5, 5.41) is 2.98. The Morgan fingerprint density at radius 1 is 0.929 bits per heavy atom. The van der Waals surface area contributed by atoms with Gasteiger partial charge in [-0.2, -0.15) is 0 Å². The number of benzene rings is 3. The van der Waals surface area contributed by atoms with E-state index in [9.17, 15) is 18.0 Å². The highest BCUT2D eigenvalue weighted by Crippen LogP contribution is 2.33. The number of ether oxygens (including phenoxy) is 2. The van der Waals surface area contributed by atoms with Gasteiger partial charge in [0.1, 0.15) is 24.1 Å². The highest BCUT2D eigenvalue weighted by molar-refractivity contribution is 7.92. The van der Waals surface area contributed by atoms with Crippen molar-refractivity contribution in [2.24, 2.45) is 0 Å². The van der Waals surface area contributed by atoms with Crippen LogP contribution in [-0.2, 0) is 32.6 Å². The molecule has 0 unspecified atom stereocenters. The van der Waals surface area contributed by atoms with Gasteiger partial charge in [0, 0.05) is 25.6 Å². The Morgan fingerprint density at radius 3 is 2.26 bits per heavy atom. The van der Waals surface area contributed by atoms with Crippen LogP contribution in [0.3, 0.4) is 0 Å². The number of amides is 2. The summed E-state index contributed by atoms with van der Waals surface area (Å²) >= 11 is 0. The van der Waals surface area contributed by atoms with E-state index < -0.39 is 28.5 Å². The molecule has 9 nitrogen and oxygen atoms in total. The number of nitrogens with one attached hydrogen (secondary N) is 1. The fraction of sp³-hybridized carbons (Fsp3) is 0.375. The molecule has 0 aromatic heterocycles. The summed E-state index contributed by atoms with van der Waals surface area (Å²) in [6.45, 7) is 4.06. The lowest BCUT2D eigenvalue weighted by Crippen LogP contribution is -2.53. The average molecular weight is 596 g/mol. The highest BCUT2D eigenvalue weighted by Gasteiger charge is 2.33. The molecular formula is C32H41N3O6S. The Hall–Kier alpha value is -4.05. The Bertz CT molecular complexity index is 1450. The first-order valence-electron chi connectivity index (χ1n) is 13.9. The van der Waals surface area contributed by atoms with Gasteiger partial charge in [-0.1, -0.05) is 73.5 Å². The van der Waals surface area contributed by atoms with Gasteiger partial charge in [0.05, 0.1) is 26.2 Å². The highest BCUT2D eigenvalue weighted by atomic mass is 32.2. The van der Waals surface area contributed by atoms with Crippen molar-refractivity contribution in [3.05, 3.63) is 89.5 Å². The second-order valence-electron chi connectivity index (χ2n) is 10.2. The molecule has 0 radical (unpaired) electrons. The smallest absolute Gasteiger partial charge is 0.244 e. The van der Waals surface area contributed by atoms with Gasteiger partial charge in [-0.3, -0.25) is 13.9 Å². The molecule has 0 heterocycles. The molecule has 0 aliphatic carbocycles. The summed E-state index contributed by atoms with van der Waals surface area (Å²) in [4.78, 5) is 29.4. The fourth-order valence-electron chi connectivity index (χ4n) is 4.65. The summed E-state index contributed by atoms with van der Waals surface area (Å²) in [6, 6.07) is 21.0. The van der Waals surface area contributed by atoms with Crippen LogP contribution in [0.25, 0.3) is 0 Å². The van der Waals surface area contributed by atoms with Crippen molar-refractivity contribution in [2.45, 2.75) is 45.7 Å². The molecule has 0 aliphatic rings. The van der Waals surface area contributed by atoms with E-state index in [2.05, 4.69) is 5.32 Å². The van der Waals surface area contributed by atoms with Crippen molar-refractivity contribution < 1.29 is 27.5 Å². The molecule has 42 heavy (non-hydrogen) atoms. The molecule has 3 aromatic carbocycles. The third-order valence-electron chi connectivity index (χ3n) is 6.87. The molecule has 0 bridgehead atoms. The molecule has 0 spiro atoms. The number of aryl methyl sites for hydroxylation is 1. The zero-order valence-corrected chi connectivity index (χ0v) is 25.8. The van der Waals surface area contributed by atoms with Crippen LogP contribution >= 0.6 is 0 Å². The number of hydrogen-bond acceptors (Lipinski definition) is 6. The summed E-state index contributed by atoms with van der Waals surface area (Å²) in [6.07, 6.45) is 3.01. The number of carbonyl (C=O) groups excluding carboxylic acids is 2. The molecule has 10 heteroatoms. The van der Waals surface area contributed by atoms with Crippen LogP contribution in [-0.4, -0.2) is 64.7 Å². The van der Waals surface area contributed by atoms with Crippen LogP contribution in [0.1, 0.15) is 36.5 Å². The summed E-state index contributed by atoms with van der Waals surface area (Å²) in [5.74, 6) is -0.105. The number of nitrogens with zero attached hydrogens (tertiary/aromatic N) is 2. The van der Waals surface area contributed by atoms with E-state index in [-0.39, 0.29) is 30.3 Å². The molecule has 0 saturated carbocycles. The van der Waals surface area contributed by atoms with Crippen molar-refractivity contribution in [3.8, 4) is 11.5 Å². The Kier molecular flexibility index (Phi) is 11.8. The van der Waals surface area contributed by atoms with Crippen LogP contribution in [0.4, 0.5) is 5.69 Å². The second-order valence-corrected chi connectivity index (χ2v) is 12.1. The van der Waals surface area contributed by atoms with Crippen molar-refractivity contribution in [1.82, 2.24) is 10.2 Å². The summed E-state index contributed by atoms with van der Waals surface area (Å²) < 4.78 is 37.9. The predicted octanol–water partition coefficient (Wildman–Crippen LogP) is 4.33. The number of hydrogen-bond donors (Lipinski definition) is 1. The van der Waals surface area contributed by atoms with E-state index in [1.54, 1.807) is 12.1 Å². The first-order valence-corrected chi connectivity index (χ1v) is 15.8. The normalized spacial score (nSPS) is 11.8. The van der Waals surface area contributed by atoms with Gasteiger partial charge in [0.2, 0.25) is 21.8 Å². The van der Waals surface area contributed by atoms with Crippen LogP contribution in [0.2, 0.25) is 0 Å². The molecule has 3 rings (SSSR count). The summed E-state index contributed by atoms with van der Waals surface area (Å²) in [5.41, 5.74) is 2.91. The second kappa shape index (κ2) is 15.3. The fourth-order valence-corrected chi connectivity index (χ4v) is 5.51. The standard InChI is InChI=1S/C32H41N3O6S/c1-6-7-18-33-32(37)29(20-25-13-9-8-10-14-25)34(22-26-15-11-12-24(2)19-26)31(36)23-35(42(5,38)39)28-17-16-27(40-3)21-30(28)41-4/h8-17,19,21,29H,6-7,18,20,22-23H2,1-5H3,(H,33,37)/t29-/m1/s1. The lowest BCUT2D eigenvalue weighted by atomic mass is 10.0. The quantitative estimate of drug-likeness (QED) is 0.262. The van der Waals surface area contributed by atoms with Gasteiger partial charge in [-0.25, -0.2) is 8.42 Å². The molecule has 3 aromatic rings.